The van der Waals surface area contributed by atoms with Gasteiger partial charge in [0.2, 0.25) is 0 Å². The molecule has 1 fully saturated rings. The molecule has 0 radical (unpaired) electrons. The van der Waals surface area contributed by atoms with E-state index in [4.69, 9.17) is 4.52 Å². The van der Waals surface area contributed by atoms with Gasteiger partial charge in [-0.25, -0.2) is 0 Å². The molecular weight excluding hydrogens is 298 g/mol. The van der Waals surface area contributed by atoms with Gasteiger partial charge in [-0.15, -0.1) is 11.3 Å². The molecule has 1 aliphatic rings. The lowest BCUT2D eigenvalue weighted by Crippen LogP contribution is -2.38. The number of rotatable bonds is 5. The zero-order valence-electron chi connectivity index (χ0n) is 12.7. The highest BCUT2D eigenvalue weighted by molar-refractivity contribution is 7.13. The quantitative estimate of drug-likeness (QED) is 0.920. The summed E-state index contributed by atoms with van der Waals surface area (Å²) in [6.07, 6.45) is 2.29. The summed E-state index contributed by atoms with van der Waals surface area (Å²) in [5.74, 6) is 1.07. The van der Waals surface area contributed by atoms with E-state index in [9.17, 15) is 4.79 Å². The van der Waals surface area contributed by atoms with Crippen molar-refractivity contribution in [2.45, 2.75) is 19.8 Å². The number of piperidine rings is 1. The van der Waals surface area contributed by atoms with Crippen LogP contribution >= 0.6 is 11.3 Å². The van der Waals surface area contributed by atoms with Crippen LogP contribution in [-0.4, -0.2) is 42.1 Å². The molecule has 0 unspecified atom stereocenters. The standard InChI is InChI=1S/C16H21N3O2S/c1-2-19-7-5-12(6-8-19)11-17-16(20)13-10-14(21-18-13)15-4-3-9-22-15/h3-4,9-10,12H,2,5-8,11H2,1H3,(H,17,20). The van der Waals surface area contributed by atoms with E-state index in [0.29, 0.717) is 17.4 Å². The van der Waals surface area contributed by atoms with Gasteiger partial charge in [0.25, 0.3) is 5.91 Å². The fraction of sp³-hybridized carbons (Fsp3) is 0.500. The molecule has 3 rings (SSSR count). The van der Waals surface area contributed by atoms with E-state index in [1.165, 1.54) is 0 Å². The van der Waals surface area contributed by atoms with Gasteiger partial charge in [0.05, 0.1) is 4.88 Å². The van der Waals surface area contributed by atoms with E-state index >= 15 is 0 Å². The van der Waals surface area contributed by atoms with E-state index in [0.717, 1.165) is 43.9 Å². The molecule has 0 saturated carbocycles. The summed E-state index contributed by atoms with van der Waals surface area (Å²) in [5.41, 5.74) is 0.356. The number of aromatic nitrogens is 1. The predicted octanol–water partition coefficient (Wildman–Crippen LogP) is 2.86. The predicted molar refractivity (Wildman–Crippen MR) is 87.0 cm³/mol. The molecule has 6 heteroatoms. The Labute approximate surface area is 134 Å². The number of nitrogens with one attached hydrogen (secondary N) is 1. The second-order valence-electron chi connectivity index (χ2n) is 5.64. The third-order valence-electron chi connectivity index (χ3n) is 4.21. The molecule has 1 aliphatic heterocycles. The van der Waals surface area contributed by atoms with Crippen LogP contribution in [0.5, 0.6) is 0 Å². The summed E-state index contributed by atoms with van der Waals surface area (Å²) in [6.45, 7) is 6.28. The van der Waals surface area contributed by atoms with E-state index in [-0.39, 0.29) is 5.91 Å². The maximum atomic E-state index is 12.2. The third kappa shape index (κ3) is 3.56. The zero-order valence-corrected chi connectivity index (χ0v) is 13.6. The van der Waals surface area contributed by atoms with Crippen LogP contribution in [0.3, 0.4) is 0 Å². The van der Waals surface area contributed by atoms with Crippen molar-refractivity contribution >= 4 is 17.2 Å². The van der Waals surface area contributed by atoms with Crippen LogP contribution in [-0.2, 0) is 0 Å². The Morgan fingerprint density at radius 2 is 2.32 bits per heavy atom. The number of nitrogens with zero attached hydrogens (tertiary/aromatic N) is 2. The maximum absolute atomic E-state index is 12.2. The van der Waals surface area contributed by atoms with Gasteiger partial charge in [-0.1, -0.05) is 18.1 Å². The fourth-order valence-corrected chi connectivity index (χ4v) is 3.42. The highest BCUT2D eigenvalue weighted by Gasteiger charge is 2.20. The Kier molecular flexibility index (Phi) is 4.90. The lowest BCUT2D eigenvalue weighted by Gasteiger charge is -2.30. The first kappa shape index (κ1) is 15.2. The number of likely N-dealkylation sites (tertiary alicyclic amines) is 1. The van der Waals surface area contributed by atoms with Crippen molar-refractivity contribution in [2.75, 3.05) is 26.2 Å². The number of hydrogen-bond acceptors (Lipinski definition) is 5. The molecule has 0 aromatic carbocycles. The average Bonchev–Trinajstić information content (AvgIpc) is 3.23. The first-order chi connectivity index (χ1) is 10.8. The number of carbonyl (C=O) groups excluding carboxylic acids is 1. The lowest BCUT2D eigenvalue weighted by molar-refractivity contribution is 0.0928. The number of hydrogen-bond donors (Lipinski definition) is 1. The molecule has 1 saturated heterocycles. The van der Waals surface area contributed by atoms with E-state index in [1.807, 2.05) is 17.5 Å². The van der Waals surface area contributed by atoms with Crippen molar-refractivity contribution < 1.29 is 9.32 Å². The number of carbonyl (C=O) groups is 1. The molecule has 5 nitrogen and oxygen atoms in total. The van der Waals surface area contributed by atoms with E-state index in [1.54, 1.807) is 17.4 Å². The second kappa shape index (κ2) is 7.07. The highest BCUT2D eigenvalue weighted by atomic mass is 32.1. The Bertz CT molecular complexity index is 601. The van der Waals surface area contributed by atoms with Crippen molar-refractivity contribution in [3.63, 3.8) is 0 Å². The van der Waals surface area contributed by atoms with Crippen LogP contribution in [0, 0.1) is 5.92 Å². The van der Waals surface area contributed by atoms with E-state index < -0.39 is 0 Å². The van der Waals surface area contributed by atoms with Gasteiger partial charge >= 0.3 is 0 Å². The first-order valence-corrected chi connectivity index (χ1v) is 8.65. The van der Waals surface area contributed by atoms with Crippen molar-refractivity contribution in [1.82, 2.24) is 15.4 Å². The van der Waals surface area contributed by atoms with Crippen LogP contribution in [0.1, 0.15) is 30.3 Å². The molecule has 1 N–H and O–H groups in total. The number of amides is 1. The topological polar surface area (TPSA) is 58.4 Å². The Balaban J connectivity index is 1.50. The normalized spacial score (nSPS) is 16.8. The minimum atomic E-state index is -0.149. The van der Waals surface area contributed by atoms with E-state index in [2.05, 4.69) is 22.3 Å². The average molecular weight is 319 g/mol. The molecule has 22 heavy (non-hydrogen) atoms. The monoisotopic (exact) mass is 319 g/mol. The third-order valence-corrected chi connectivity index (χ3v) is 5.10. The molecule has 0 aliphatic carbocycles. The highest BCUT2D eigenvalue weighted by Crippen LogP contribution is 2.25. The van der Waals surface area contributed by atoms with Gasteiger partial charge in [0.15, 0.2) is 11.5 Å². The van der Waals surface area contributed by atoms with Crippen LogP contribution < -0.4 is 5.32 Å². The van der Waals surface area contributed by atoms with Crippen molar-refractivity contribution in [1.29, 1.82) is 0 Å². The molecule has 3 heterocycles. The van der Waals surface area contributed by atoms with Gasteiger partial charge < -0.3 is 14.7 Å². The maximum Gasteiger partial charge on any atom is 0.273 e. The largest absolute Gasteiger partial charge is 0.355 e. The smallest absolute Gasteiger partial charge is 0.273 e. The Morgan fingerprint density at radius 3 is 3.00 bits per heavy atom. The van der Waals surface area contributed by atoms with Gasteiger partial charge in [-0.05, 0) is 49.8 Å². The summed E-state index contributed by atoms with van der Waals surface area (Å²) < 4.78 is 5.24. The second-order valence-corrected chi connectivity index (χ2v) is 6.59. The summed E-state index contributed by atoms with van der Waals surface area (Å²) in [7, 11) is 0. The fourth-order valence-electron chi connectivity index (χ4n) is 2.75. The Morgan fingerprint density at radius 1 is 1.50 bits per heavy atom. The van der Waals surface area contributed by atoms with Crippen LogP contribution in [0.2, 0.25) is 0 Å². The number of thiophene rings is 1. The lowest BCUT2D eigenvalue weighted by atomic mass is 9.97. The molecular formula is C16H21N3O2S. The zero-order chi connectivity index (χ0) is 15.4. The first-order valence-electron chi connectivity index (χ1n) is 7.77. The molecule has 2 aromatic rings. The molecule has 2 aromatic heterocycles. The molecule has 0 spiro atoms. The van der Waals surface area contributed by atoms with Gasteiger partial charge in [-0.2, -0.15) is 0 Å². The molecule has 1 amide bonds. The van der Waals surface area contributed by atoms with Crippen LogP contribution in [0.4, 0.5) is 0 Å². The van der Waals surface area contributed by atoms with Gasteiger partial charge in [0, 0.05) is 12.6 Å². The van der Waals surface area contributed by atoms with Crippen LogP contribution in [0.25, 0.3) is 10.6 Å². The summed E-state index contributed by atoms with van der Waals surface area (Å²) in [6, 6.07) is 5.61. The molecule has 0 bridgehead atoms. The van der Waals surface area contributed by atoms with Crippen molar-refractivity contribution in [2.24, 2.45) is 5.92 Å². The Hall–Kier alpha value is -1.66. The van der Waals surface area contributed by atoms with Gasteiger partial charge in [-0.3, -0.25) is 4.79 Å². The molecule has 118 valence electrons. The van der Waals surface area contributed by atoms with Crippen molar-refractivity contribution in [3.05, 3.63) is 29.3 Å². The summed E-state index contributed by atoms with van der Waals surface area (Å²) in [4.78, 5) is 15.6. The SMILES string of the molecule is CCN1CCC(CNC(=O)c2cc(-c3cccs3)on2)CC1. The van der Waals surface area contributed by atoms with Gasteiger partial charge in [0.1, 0.15) is 0 Å². The summed E-state index contributed by atoms with van der Waals surface area (Å²) >= 11 is 1.57. The van der Waals surface area contributed by atoms with Crippen LogP contribution in [0.15, 0.2) is 28.1 Å². The minimum absolute atomic E-state index is 0.149. The van der Waals surface area contributed by atoms with Crippen molar-refractivity contribution in [3.8, 4) is 10.6 Å². The summed E-state index contributed by atoms with van der Waals surface area (Å²) in [5, 5.41) is 8.83. The molecule has 0 atom stereocenters. The minimum Gasteiger partial charge on any atom is -0.355 e.